The summed E-state index contributed by atoms with van der Waals surface area (Å²) in [4.78, 5) is 4.00. The number of nitrogen functional groups attached to an aromatic ring is 1. The van der Waals surface area contributed by atoms with Crippen LogP contribution in [0.1, 0.15) is 17.5 Å². The number of halogens is 1. The summed E-state index contributed by atoms with van der Waals surface area (Å²) in [5.74, 6) is -0.00485. The Morgan fingerprint density at radius 1 is 1.50 bits per heavy atom. The van der Waals surface area contributed by atoms with Gasteiger partial charge in [-0.05, 0) is 18.2 Å². The predicted molar refractivity (Wildman–Crippen MR) is 58.1 cm³/mol. The van der Waals surface area contributed by atoms with Crippen LogP contribution in [0, 0.1) is 5.82 Å². The number of aromatic nitrogens is 2. The topological polar surface area (TPSA) is 64.1 Å². The number of hydrogen-bond donors (Lipinski definition) is 2. The molecule has 1 unspecified atom stereocenters. The van der Waals surface area contributed by atoms with E-state index in [1.807, 2.05) is 0 Å². The van der Waals surface area contributed by atoms with E-state index in [0.29, 0.717) is 17.1 Å². The van der Waals surface area contributed by atoms with Crippen molar-refractivity contribution < 1.29 is 9.50 Å². The highest BCUT2D eigenvalue weighted by atomic mass is 19.1. The van der Waals surface area contributed by atoms with E-state index < -0.39 is 11.9 Å². The lowest BCUT2D eigenvalue weighted by atomic mass is 10.1. The van der Waals surface area contributed by atoms with Crippen molar-refractivity contribution in [2.45, 2.75) is 6.10 Å². The van der Waals surface area contributed by atoms with Crippen LogP contribution in [-0.2, 0) is 7.05 Å². The van der Waals surface area contributed by atoms with Crippen molar-refractivity contribution in [3.8, 4) is 0 Å². The summed E-state index contributed by atoms with van der Waals surface area (Å²) >= 11 is 0. The number of nitrogens with zero attached hydrogens (tertiary/aromatic N) is 2. The van der Waals surface area contributed by atoms with Gasteiger partial charge in [0, 0.05) is 30.7 Å². The average Bonchev–Trinajstić information content (AvgIpc) is 2.67. The first kappa shape index (κ1) is 10.6. The molecule has 2 rings (SSSR count). The quantitative estimate of drug-likeness (QED) is 0.749. The zero-order chi connectivity index (χ0) is 11.7. The monoisotopic (exact) mass is 221 g/mol. The second-order valence-corrected chi connectivity index (χ2v) is 3.57. The Bertz CT molecular complexity index is 510. The standard InChI is InChI=1S/C11H12FN3O/c1-15-5-4-14-11(15)10(16)8-6-7(12)2-3-9(8)13/h2-6,10,16H,13H2,1H3. The molecule has 16 heavy (non-hydrogen) atoms. The molecular formula is C11H12FN3O. The summed E-state index contributed by atoms with van der Waals surface area (Å²) in [6.45, 7) is 0. The van der Waals surface area contributed by atoms with Gasteiger partial charge in [-0.2, -0.15) is 0 Å². The maximum atomic E-state index is 13.1. The van der Waals surface area contributed by atoms with Crippen LogP contribution in [0.3, 0.4) is 0 Å². The summed E-state index contributed by atoms with van der Waals surface area (Å²) in [5.41, 5.74) is 6.36. The van der Waals surface area contributed by atoms with Gasteiger partial charge in [0.2, 0.25) is 0 Å². The van der Waals surface area contributed by atoms with E-state index in [1.54, 1.807) is 24.0 Å². The number of hydrogen-bond acceptors (Lipinski definition) is 3. The molecule has 0 fully saturated rings. The smallest absolute Gasteiger partial charge is 0.142 e. The molecule has 1 aromatic carbocycles. The van der Waals surface area contributed by atoms with Gasteiger partial charge in [0.15, 0.2) is 0 Å². The lowest BCUT2D eigenvalue weighted by Crippen LogP contribution is -2.09. The lowest BCUT2D eigenvalue weighted by molar-refractivity contribution is 0.206. The Morgan fingerprint density at radius 2 is 2.25 bits per heavy atom. The van der Waals surface area contributed by atoms with E-state index in [-0.39, 0.29) is 0 Å². The summed E-state index contributed by atoms with van der Waals surface area (Å²) in [6, 6.07) is 3.90. The number of imidazole rings is 1. The number of aryl methyl sites for hydroxylation is 1. The fourth-order valence-corrected chi connectivity index (χ4v) is 1.56. The minimum atomic E-state index is -1.02. The molecule has 0 aliphatic heterocycles. The molecule has 3 N–H and O–H groups in total. The van der Waals surface area contributed by atoms with Gasteiger partial charge in [0.05, 0.1) is 0 Å². The highest BCUT2D eigenvalue weighted by Crippen LogP contribution is 2.25. The molecule has 2 aromatic rings. The van der Waals surface area contributed by atoms with E-state index in [0.717, 1.165) is 0 Å². The Morgan fingerprint density at radius 3 is 2.88 bits per heavy atom. The van der Waals surface area contributed by atoms with Crippen LogP contribution in [0.25, 0.3) is 0 Å². The van der Waals surface area contributed by atoms with Gasteiger partial charge in [0.1, 0.15) is 17.7 Å². The summed E-state index contributed by atoms with van der Waals surface area (Å²) in [6.07, 6.45) is 2.25. The van der Waals surface area contributed by atoms with Crippen molar-refractivity contribution in [3.63, 3.8) is 0 Å². The lowest BCUT2D eigenvalue weighted by Gasteiger charge is -2.13. The van der Waals surface area contributed by atoms with Crippen LogP contribution in [0.2, 0.25) is 0 Å². The molecular weight excluding hydrogens is 209 g/mol. The van der Waals surface area contributed by atoms with E-state index in [1.165, 1.54) is 18.2 Å². The minimum absolute atomic E-state index is 0.328. The third-order valence-electron chi connectivity index (χ3n) is 2.45. The third kappa shape index (κ3) is 1.77. The summed E-state index contributed by atoms with van der Waals surface area (Å²) in [5, 5.41) is 10.0. The van der Waals surface area contributed by atoms with Crippen LogP contribution < -0.4 is 5.73 Å². The fraction of sp³-hybridized carbons (Fsp3) is 0.182. The van der Waals surface area contributed by atoms with Gasteiger partial charge in [-0.1, -0.05) is 0 Å². The molecule has 1 heterocycles. The molecule has 0 spiro atoms. The highest BCUT2D eigenvalue weighted by Gasteiger charge is 2.17. The van der Waals surface area contributed by atoms with E-state index >= 15 is 0 Å². The first-order valence-electron chi connectivity index (χ1n) is 4.80. The number of anilines is 1. The third-order valence-corrected chi connectivity index (χ3v) is 2.45. The molecule has 1 atom stereocenters. The van der Waals surface area contributed by atoms with Gasteiger partial charge in [-0.3, -0.25) is 0 Å². The van der Waals surface area contributed by atoms with Crippen molar-refractivity contribution in [2.24, 2.45) is 7.05 Å². The van der Waals surface area contributed by atoms with Crippen LogP contribution in [0.15, 0.2) is 30.6 Å². The van der Waals surface area contributed by atoms with Crippen molar-refractivity contribution in [1.82, 2.24) is 9.55 Å². The zero-order valence-electron chi connectivity index (χ0n) is 8.76. The van der Waals surface area contributed by atoms with Crippen molar-refractivity contribution in [1.29, 1.82) is 0 Å². The van der Waals surface area contributed by atoms with E-state index in [4.69, 9.17) is 5.73 Å². The Balaban J connectivity index is 2.45. The second-order valence-electron chi connectivity index (χ2n) is 3.57. The molecule has 0 aliphatic carbocycles. The highest BCUT2D eigenvalue weighted by molar-refractivity contribution is 5.49. The first-order chi connectivity index (χ1) is 7.59. The average molecular weight is 221 g/mol. The largest absolute Gasteiger partial charge is 0.398 e. The Hall–Kier alpha value is -1.88. The fourth-order valence-electron chi connectivity index (χ4n) is 1.56. The first-order valence-corrected chi connectivity index (χ1v) is 4.80. The Labute approximate surface area is 92.2 Å². The molecule has 4 nitrogen and oxygen atoms in total. The second kappa shape index (κ2) is 3.94. The van der Waals surface area contributed by atoms with Gasteiger partial charge >= 0.3 is 0 Å². The van der Waals surface area contributed by atoms with E-state index in [2.05, 4.69) is 4.98 Å². The number of nitrogens with two attached hydrogens (primary N) is 1. The molecule has 0 bridgehead atoms. The van der Waals surface area contributed by atoms with Crippen LogP contribution in [0.5, 0.6) is 0 Å². The SMILES string of the molecule is Cn1ccnc1C(O)c1cc(F)ccc1N. The number of aliphatic hydroxyl groups excluding tert-OH is 1. The molecule has 0 aliphatic rings. The van der Waals surface area contributed by atoms with Crippen molar-refractivity contribution in [2.75, 3.05) is 5.73 Å². The van der Waals surface area contributed by atoms with Gasteiger partial charge in [-0.25, -0.2) is 9.37 Å². The normalized spacial score (nSPS) is 12.7. The van der Waals surface area contributed by atoms with Crippen molar-refractivity contribution in [3.05, 3.63) is 47.8 Å². The van der Waals surface area contributed by atoms with Gasteiger partial charge < -0.3 is 15.4 Å². The minimum Gasteiger partial charge on any atom is -0.398 e. The maximum absolute atomic E-state index is 13.1. The Kier molecular flexibility index (Phi) is 2.62. The molecule has 0 saturated carbocycles. The van der Waals surface area contributed by atoms with Crippen LogP contribution in [-0.4, -0.2) is 14.7 Å². The number of aliphatic hydroxyl groups is 1. The maximum Gasteiger partial charge on any atom is 0.142 e. The van der Waals surface area contributed by atoms with E-state index in [9.17, 15) is 9.50 Å². The zero-order valence-corrected chi connectivity index (χ0v) is 8.76. The van der Waals surface area contributed by atoms with Gasteiger partial charge in [-0.15, -0.1) is 0 Å². The molecule has 84 valence electrons. The number of rotatable bonds is 2. The molecule has 0 saturated heterocycles. The van der Waals surface area contributed by atoms with Gasteiger partial charge in [0.25, 0.3) is 0 Å². The molecule has 1 aromatic heterocycles. The van der Waals surface area contributed by atoms with Crippen LogP contribution in [0.4, 0.5) is 10.1 Å². The number of benzene rings is 1. The summed E-state index contributed by atoms with van der Waals surface area (Å²) in [7, 11) is 1.75. The van der Waals surface area contributed by atoms with Crippen LogP contribution >= 0.6 is 0 Å². The van der Waals surface area contributed by atoms with Crippen molar-refractivity contribution >= 4 is 5.69 Å². The molecule has 0 radical (unpaired) electrons. The predicted octanol–water partition coefficient (Wildman–Crippen LogP) is 1.22. The molecule has 0 amide bonds. The summed E-state index contributed by atoms with van der Waals surface area (Å²) < 4.78 is 14.7. The molecule has 5 heteroatoms.